The third kappa shape index (κ3) is 3.09. The molecule has 0 fully saturated rings. The molecular weight excluding hydrogens is 344 g/mol. The summed E-state index contributed by atoms with van der Waals surface area (Å²) in [6, 6.07) is 10.5. The van der Waals surface area contributed by atoms with Gasteiger partial charge >= 0.3 is 0 Å². The van der Waals surface area contributed by atoms with Crippen molar-refractivity contribution in [3.63, 3.8) is 0 Å². The second kappa shape index (κ2) is 7.05. The third-order valence-corrected chi connectivity index (χ3v) is 5.32. The molecule has 4 aromatic rings. The Labute approximate surface area is 169 Å². The molecule has 3 heteroatoms. The van der Waals surface area contributed by atoms with Gasteiger partial charge in [-0.1, -0.05) is 32.9 Å². The summed E-state index contributed by atoms with van der Waals surface area (Å²) >= 11 is 0. The van der Waals surface area contributed by atoms with Gasteiger partial charge in [0.05, 0.1) is 5.56 Å². The number of hydrogen-bond donors (Lipinski definition) is 0. The van der Waals surface area contributed by atoms with Gasteiger partial charge in [0.15, 0.2) is 11.8 Å². The molecule has 3 heterocycles. The highest BCUT2D eigenvalue weighted by molar-refractivity contribution is 6.08. The van der Waals surface area contributed by atoms with Crippen LogP contribution in [-0.4, -0.2) is 4.98 Å². The van der Waals surface area contributed by atoms with Gasteiger partial charge in [0.2, 0.25) is 11.4 Å². The van der Waals surface area contributed by atoms with Crippen LogP contribution in [0, 0.1) is 19.8 Å². The minimum absolute atomic E-state index is 0.110. The summed E-state index contributed by atoms with van der Waals surface area (Å²) < 4.78 is 25.4. The molecule has 0 atom stereocenters. The fraction of sp³-hybridized carbons (Fsp3) is 0.360. The molecule has 0 spiro atoms. The number of hydrogen-bond acceptors (Lipinski definition) is 2. The number of aryl methyl sites for hydroxylation is 4. The Morgan fingerprint density at radius 2 is 1.86 bits per heavy atom. The van der Waals surface area contributed by atoms with Crippen molar-refractivity contribution in [2.45, 2.75) is 47.4 Å². The van der Waals surface area contributed by atoms with E-state index in [1.165, 1.54) is 0 Å². The van der Waals surface area contributed by atoms with Crippen molar-refractivity contribution >= 4 is 22.1 Å². The minimum Gasteiger partial charge on any atom is -0.437 e. The first-order valence-electron chi connectivity index (χ1n) is 11.0. The lowest BCUT2D eigenvalue weighted by Gasteiger charge is -2.11. The van der Waals surface area contributed by atoms with Gasteiger partial charge in [0.25, 0.3) is 0 Å². The van der Waals surface area contributed by atoms with Crippen molar-refractivity contribution in [3.8, 4) is 11.3 Å². The molecule has 0 saturated heterocycles. The maximum atomic E-state index is 8.55. The monoisotopic (exact) mass is 375 g/mol. The predicted molar refractivity (Wildman–Crippen MR) is 116 cm³/mol. The van der Waals surface area contributed by atoms with Crippen LogP contribution in [0.1, 0.15) is 45.9 Å². The summed E-state index contributed by atoms with van der Waals surface area (Å²) in [6.07, 6.45) is 1.41. The van der Waals surface area contributed by atoms with E-state index in [1.807, 2.05) is 38.6 Å². The zero-order chi connectivity index (χ0) is 21.8. The highest BCUT2D eigenvalue weighted by atomic mass is 16.3. The summed E-state index contributed by atoms with van der Waals surface area (Å²) in [4.78, 5) is 4.68. The summed E-state index contributed by atoms with van der Waals surface area (Å²) in [7, 11) is 1.98. The zero-order valence-electron chi connectivity index (χ0n) is 19.6. The van der Waals surface area contributed by atoms with Crippen LogP contribution in [0.5, 0.6) is 0 Å². The molecule has 0 saturated carbocycles. The van der Waals surface area contributed by atoms with Crippen LogP contribution in [0.25, 0.3) is 33.3 Å². The number of nitrogens with zero attached hydrogens (tertiary/aromatic N) is 2. The van der Waals surface area contributed by atoms with Crippen LogP contribution in [0.15, 0.2) is 40.9 Å². The molecular formula is C25H29N2O+. The number of fused-ring (bicyclic) bond motifs is 3. The van der Waals surface area contributed by atoms with Crippen molar-refractivity contribution in [1.82, 2.24) is 4.98 Å². The van der Waals surface area contributed by atoms with E-state index in [2.05, 4.69) is 49.2 Å². The van der Waals surface area contributed by atoms with Crippen molar-refractivity contribution in [2.75, 3.05) is 0 Å². The van der Waals surface area contributed by atoms with Crippen molar-refractivity contribution < 1.29 is 11.7 Å². The van der Waals surface area contributed by atoms with Crippen LogP contribution in [0.4, 0.5) is 0 Å². The molecule has 3 aromatic heterocycles. The second-order valence-electron chi connectivity index (χ2n) is 7.91. The van der Waals surface area contributed by atoms with Gasteiger partial charge in [-0.2, -0.15) is 0 Å². The molecule has 0 amide bonds. The van der Waals surface area contributed by atoms with Gasteiger partial charge in [-0.15, -0.1) is 0 Å². The van der Waals surface area contributed by atoms with E-state index in [-0.39, 0.29) is 5.92 Å². The second-order valence-corrected chi connectivity index (χ2v) is 7.91. The Bertz CT molecular complexity index is 1270. The average Bonchev–Trinajstić information content (AvgIpc) is 3.06. The van der Waals surface area contributed by atoms with Crippen LogP contribution in [0.3, 0.4) is 0 Å². The van der Waals surface area contributed by atoms with Gasteiger partial charge in [-0.05, 0) is 55.8 Å². The topological polar surface area (TPSA) is 29.9 Å². The number of furan rings is 1. The first-order chi connectivity index (χ1) is 14.1. The molecule has 28 heavy (non-hydrogen) atoms. The summed E-state index contributed by atoms with van der Waals surface area (Å²) in [6.45, 7) is 10.0. The molecule has 0 N–H and O–H groups in total. The molecule has 0 unspecified atom stereocenters. The first kappa shape index (κ1) is 16.3. The quantitative estimate of drug-likeness (QED) is 0.419. The minimum atomic E-state index is -1.39. The van der Waals surface area contributed by atoms with Crippen LogP contribution in [-0.2, 0) is 19.8 Å². The van der Waals surface area contributed by atoms with E-state index in [9.17, 15) is 0 Å². The number of aromatic nitrogens is 2. The van der Waals surface area contributed by atoms with E-state index >= 15 is 0 Å². The van der Waals surface area contributed by atoms with Gasteiger partial charge in [-0.25, -0.2) is 9.55 Å². The van der Waals surface area contributed by atoms with Gasteiger partial charge in [0, 0.05) is 30.8 Å². The fourth-order valence-electron chi connectivity index (χ4n) is 3.83. The Morgan fingerprint density at radius 1 is 1.11 bits per heavy atom. The Hall–Kier alpha value is -2.68. The van der Waals surface area contributed by atoms with E-state index < -0.39 is 6.37 Å². The van der Waals surface area contributed by atoms with Crippen LogP contribution < -0.4 is 4.57 Å². The zero-order valence-corrected chi connectivity index (χ0v) is 17.6. The lowest BCUT2D eigenvalue weighted by molar-refractivity contribution is -0.660. The van der Waals surface area contributed by atoms with Crippen LogP contribution in [0.2, 0.25) is 0 Å². The lowest BCUT2D eigenvalue weighted by Crippen LogP contribution is -2.32. The molecule has 3 nitrogen and oxygen atoms in total. The van der Waals surface area contributed by atoms with Crippen molar-refractivity contribution in [1.29, 1.82) is 0 Å². The largest absolute Gasteiger partial charge is 0.437 e. The number of pyridine rings is 2. The smallest absolute Gasteiger partial charge is 0.227 e. The van der Waals surface area contributed by atoms with Crippen molar-refractivity contribution in [3.05, 3.63) is 58.9 Å². The van der Waals surface area contributed by atoms with Crippen LogP contribution >= 0.6 is 0 Å². The van der Waals surface area contributed by atoms with Gasteiger partial charge in [0.1, 0.15) is 7.05 Å². The maximum Gasteiger partial charge on any atom is 0.227 e. The highest BCUT2D eigenvalue weighted by Gasteiger charge is 2.22. The number of benzene rings is 1. The molecule has 0 aliphatic rings. The maximum absolute atomic E-state index is 8.55. The van der Waals surface area contributed by atoms with Gasteiger partial charge in [-0.3, -0.25) is 0 Å². The normalized spacial score (nSPS) is 13.4. The first-order valence-corrected chi connectivity index (χ1v) is 9.98. The SMILES string of the molecule is [2H]C([2H])(c1c[n+](C)c(-c2c(C)ccc3c2oc2nc(CC)ccc23)cc1C)C(C)C. The highest BCUT2D eigenvalue weighted by Crippen LogP contribution is 2.36. The average molecular weight is 376 g/mol. The molecule has 0 aliphatic heterocycles. The van der Waals surface area contributed by atoms with E-state index in [1.54, 1.807) is 0 Å². The van der Waals surface area contributed by atoms with E-state index in [0.717, 1.165) is 56.4 Å². The van der Waals surface area contributed by atoms with Crippen molar-refractivity contribution in [2.24, 2.45) is 13.0 Å². The number of rotatable bonds is 4. The molecule has 4 rings (SSSR count). The van der Waals surface area contributed by atoms with Gasteiger partial charge < -0.3 is 4.42 Å². The molecule has 0 radical (unpaired) electrons. The molecule has 0 aliphatic carbocycles. The summed E-state index contributed by atoms with van der Waals surface area (Å²) in [5.41, 5.74) is 7.35. The van der Waals surface area contributed by atoms with E-state index in [0.29, 0.717) is 5.71 Å². The molecule has 1 aromatic carbocycles. The standard InChI is InChI=1S/C25H29N2O/c1-7-19-9-11-21-20-10-8-16(4)23(24(20)28-25(21)26-19)22-13-17(5)18(12-15(2)3)14-27(22)6/h8-11,13-15H,7,12H2,1-6H3/q+1/i12D2. The van der Waals surface area contributed by atoms with E-state index in [4.69, 9.17) is 7.16 Å². The summed E-state index contributed by atoms with van der Waals surface area (Å²) in [5.74, 6) is -0.110. The Kier molecular flexibility index (Phi) is 4.10. The molecule has 144 valence electrons. The molecule has 0 bridgehead atoms. The Balaban J connectivity index is 1.99. The fourth-order valence-corrected chi connectivity index (χ4v) is 3.83. The predicted octanol–water partition coefficient (Wildman–Crippen LogP) is 5.85. The lowest BCUT2D eigenvalue weighted by atomic mass is 9.96. The Morgan fingerprint density at radius 3 is 2.57 bits per heavy atom. The summed E-state index contributed by atoms with van der Waals surface area (Å²) in [5, 5.41) is 2.08. The third-order valence-electron chi connectivity index (χ3n) is 5.32.